The molecule has 5 heteroatoms. The Morgan fingerprint density at radius 3 is 2.58 bits per heavy atom. The molecule has 1 fully saturated rings. The Balaban J connectivity index is 1.51. The predicted octanol–water partition coefficient (Wildman–Crippen LogP) is 3.66. The summed E-state index contributed by atoms with van der Waals surface area (Å²) in [6, 6.07) is 15.7. The van der Waals surface area contributed by atoms with Crippen molar-refractivity contribution in [1.29, 1.82) is 0 Å². The van der Waals surface area contributed by atoms with Gasteiger partial charge in [0.05, 0.1) is 13.2 Å². The second-order valence-corrected chi connectivity index (χ2v) is 6.71. The fraction of sp³-hybridized carbons (Fsp3) is 0.381. The van der Waals surface area contributed by atoms with Crippen LogP contribution in [0.3, 0.4) is 0 Å². The van der Waals surface area contributed by atoms with Crippen LogP contribution in [0.4, 0.5) is 11.4 Å². The van der Waals surface area contributed by atoms with Crippen LogP contribution < -0.4 is 15.0 Å². The molecule has 1 aliphatic rings. The smallest absolute Gasteiger partial charge is 0.262 e. The first kappa shape index (κ1) is 18.3. The van der Waals surface area contributed by atoms with Crippen molar-refractivity contribution in [1.82, 2.24) is 0 Å². The first-order valence-corrected chi connectivity index (χ1v) is 9.07. The number of morpholine rings is 1. The maximum absolute atomic E-state index is 12.1. The Kier molecular flexibility index (Phi) is 6.12. The third-order valence-corrected chi connectivity index (χ3v) is 4.42. The minimum atomic E-state index is -0.168. The van der Waals surface area contributed by atoms with Crippen molar-refractivity contribution in [2.24, 2.45) is 0 Å². The summed E-state index contributed by atoms with van der Waals surface area (Å²) in [5, 5.41) is 2.87. The summed E-state index contributed by atoms with van der Waals surface area (Å²) < 4.78 is 11.0. The number of hydrogen-bond acceptors (Lipinski definition) is 4. The molecule has 0 atom stereocenters. The van der Waals surface area contributed by atoms with Crippen molar-refractivity contribution in [2.75, 3.05) is 43.1 Å². The van der Waals surface area contributed by atoms with Crippen LogP contribution in [0.2, 0.25) is 0 Å². The van der Waals surface area contributed by atoms with E-state index in [2.05, 4.69) is 30.1 Å². The van der Waals surface area contributed by atoms with Gasteiger partial charge in [-0.1, -0.05) is 26.0 Å². The lowest BCUT2D eigenvalue weighted by Crippen LogP contribution is -2.36. The van der Waals surface area contributed by atoms with Gasteiger partial charge in [-0.25, -0.2) is 0 Å². The van der Waals surface area contributed by atoms with Crippen molar-refractivity contribution in [2.45, 2.75) is 19.8 Å². The van der Waals surface area contributed by atoms with Crippen molar-refractivity contribution in [3.63, 3.8) is 0 Å². The largest absolute Gasteiger partial charge is 0.484 e. The van der Waals surface area contributed by atoms with Crippen molar-refractivity contribution in [3.8, 4) is 5.75 Å². The molecular formula is C21H26N2O3. The number of carbonyl (C=O) groups is 1. The molecule has 1 N–H and O–H groups in total. The van der Waals surface area contributed by atoms with E-state index in [0.717, 1.165) is 37.7 Å². The fourth-order valence-corrected chi connectivity index (χ4v) is 2.89. The SMILES string of the molecule is CC(C)c1cccc(OCC(=O)Nc2ccc(N3CCOCC3)cc2)c1. The molecule has 0 spiro atoms. The zero-order valence-corrected chi connectivity index (χ0v) is 15.4. The zero-order chi connectivity index (χ0) is 18.4. The maximum atomic E-state index is 12.1. The molecule has 0 bridgehead atoms. The number of hydrogen-bond donors (Lipinski definition) is 1. The first-order valence-electron chi connectivity index (χ1n) is 9.07. The molecule has 1 heterocycles. The van der Waals surface area contributed by atoms with Crippen molar-refractivity contribution >= 4 is 17.3 Å². The molecule has 0 radical (unpaired) electrons. The third kappa shape index (κ3) is 4.99. The molecular weight excluding hydrogens is 328 g/mol. The van der Waals surface area contributed by atoms with E-state index < -0.39 is 0 Å². The van der Waals surface area contributed by atoms with Gasteiger partial charge in [0.1, 0.15) is 5.75 Å². The Bertz CT molecular complexity index is 722. The number of nitrogens with one attached hydrogen (secondary N) is 1. The molecule has 5 nitrogen and oxygen atoms in total. The molecule has 138 valence electrons. The molecule has 0 saturated carbocycles. The lowest BCUT2D eigenvalue weighted by molar-refractivity contribution is -0.118. The molecule has 2 aromatic rings. The molecule has 0 aromatic heterocycles. The third-order valence-electron chi connectivity index (χ3n) is 4.42. The lowest BCUT2D eigenvalue weighted by atomic mass is 10.0. The van der Waals surface area contributed by atoms with E-state index in [4.69, 9.17) is 9.47 Å². The molecule has 0 unspecified atom stereocenters. The average Bonchev–Trinajstić information content (AvgIpc) is 2.68. The van der Waals surface area contributed by atoms with E-state index in [1.165, 1.54) is 5.56 Å². The lowest BCUT2D eigenvalue weighted by Gasteiger charge is -2.28. The second-order valence-electron chi connectivity index (χ2n) is 6.71. The van der Waals surface area contributed by atoms with Crippen LogP contribution in [0.5, 0.6) is 5.75 Å². The first-order chi connectivity index (χ1) is 12.6. The Labute approximate surface area is 154 Å². The molecule has 3 rings (SSSR count). The van der Waals surface area contributed by atoms with Crippen LogP contribution in [0.25, 0.3) is 0 Å². The highest BCUT2D eigenvalue weighted by atomic mass is 16.5. The van der Waals surface area contributed by atoms with Crippen LogP contribution in [0.1, 0.15) is 25.3 Å². The summed E-state index contributed by atoms with van der Waals surface area (Å²) >= 11 is 0. The molecule has 2 aromatic carbocycles. The topological polar surface area (TPSA) is 50.8 Å². The average molecular weight is 354 g/mol. The van der Waals surface area contributed by atoms with E-state index >= 15 is 0 Å². The van der Waals surface area contributed by atoms with E-state index in [0.29, 0.717) is 11.7 Å². The van der Waals surface area contributed by atoms with E-state index in [9.17, 15) is 4.79 Å². The van der Waals surface area contributed by atoms with E-state index in [-0.39, 0.29) is 12.5 Å². The summed E-state index contributed by atoms with van der Waals surface area (Å²) in [6.07, 6.45) is 0. The summed E-state index contributed by atoms with van der Waals surface area (Å²) in [5.41, 5.74) is 3.11. The summed E-state index contributed by atoms with van der Waals surface area (Å²) in [7, 11) is 0. The summed E-state index contributed by atoms with van der Waals surface area (Å²) in [6.45, 7) is 7.57. The highest BCUT2D eigenvalue weighted by Gasteiger charge is 2.11. The van der Waals surface area contributed by atoms with Gasteiger partial charge in [-0.05, 0) is 47.9 Å². The molecule has 0 aliphatic carbocycles. The summed E-state index contributed by atoms with van der Waals surface area (Å²) in [4.78, 5) is 14.4. The Morgan fingerprint density at radius 1 is 1.15 bits per heavy atom. The number of benzene rings is 2. The van der Waals surface area contributed by atoms with Gasteiger partial charge < -0.3 is 19.7 Å². The van der Waals surface area contributed by atoms with Crippen LogP contribution in [0, 0.1) is 0 Å². The van der Waals surface area contributed by atoms with Gasteiger partial charge in [-0.15, -0.1) is 0 Å². The van der Waals surface area contributed by atoms with Gasteiger partial charge in [-0.2, -0.15) is 0 Å². The monoisotopic (exact) mass is 354 g/mol. The van der Waals surface area contributed by atoms with Gasteiger partial charge in [-0.3, -0.25) is 4.79 Å². The number of anilines is 2. The van der Waals surface area contributed by atoms with Gasteiger partial charge >= 0.3 is 0 Å². The highest BCUT2D eigenvalue weighted by Crippen LogP contribution is 2.21. The van der Waals surface area contributed by atoms with Crippen LogP contribution in [-0.4, -0.2) is 38.8 Å². The maximum Gasteiger partial charge on any atom is 0.262 e. The number of nitrogens with zero attached hydrogens (tertiary/aromatic N) is 1. The number of ether oxygens (including phenoxy) is 2. The summed E-state index contributed by atoms with van der Waals surface area (Å²) in [5.74, 6) is 0.977. The molecule has 1 saturated heterocycles. The Hall–Kier alpha value is -2.53. The van der Waals surface area contributed by atoms with Gasteiger partial charge in [0.2, 0.25) is 0 Å². The zero-order valence-electron chi connectivity index (χ0n) is 15.4. The van der Waals surface area contributed by atoms with Crippen molar-refractivity contribution < 1.29 is 14.3 Å². The number of amides is 1. The van der Waals surface area contributed by atoms with Crippen LogP contribution in [0.15, 0.2) is 48.5 Å². The van der Waals surface area contributed by atoms with Gasteiger partial charge in [0.15, 0.2) is 6.61 Å². The molecule has 1 amide bonds. The normalized spacial score (nSPS) is 14.3. The molecule has 26 heavy (non-hydrogen) atoms. The van der Waals surface area contributed by atoms with Crippen molar-refractivity contribution in [3.05, 3.63) is 54.1 Å². The van der Waals surface area contributed by atoms with E-state index in [1.54, 1.807) is 0 Å². The highest BCUT2D eigenvalue weighted by molar-refractivity contribution is 5.92. The van der Waals surface area contributed by atoms with Gasteiger partial charge in [0, 0.05) is 24.5 Å². The minimum Gasteiger partial charge on any atom is -0.484 e. The number of rotatable bonds is 6. The van der Waals surface area contributed by atoms with Gasteiger partial charge in [0.25, 0.3) is 5.91 Å². The van der Waals surface area contributed by atoms with Crippen LogP contribution >= 0.6 is 0 Å². The second kappa shape index (κ2) is 8.72. The van der Waals surface area contributed by atoms with E-state index in [1.807, 2.05) is 42.5 Å². The standard InChI is InChI=1S/C21H26N2O3/c1-16(2)17-4-3-5-20(14-17)26-15-21(24)22-18-6-8-19(9-7-18)23-10-12-25-13-11-23/h3-9,14,16H,10-13,15H2,1-2H3,(H,22,24). The molecule has 1 aliphatic heterocycles. The predicted molar refractivity (Wildman–Crippen MR) is 104 cm³/mol. The Morgan fingerprint density at radius 2 is 1.88 bits per heavy atom. The fourth-order valence-electron chi connectivity index (χ4n) is 2.89. The quantitative estimate of drug-likeness (QED) is 0.860. The van der Waals surface area contributed by atoms with Crippen LogP contribution in [-0.2, 0) is 9.53 Å². The minimum absolute atomic E-state index is 0.00718. The number of carbonyl (C=O) groups excluding carboxylic acids is 1.